The lowest BCUT2D eigenvalue weighted by Gasteiger charge is -2.45. The van der Waals surface area contributed by atoms with Crippen molar-refractivity contribution in [3.8, 4) is 0 Å². The smallest absolute Gasteiger partial charge is 0.0885 e. The van der Waals surface area contributed by atoms with Crippen LogP contribution in [0.25, 0.3) is 0 Å². The Balaban J connectivity index is 2.43. The number of hydroxylamine groups is 3. The van der Waals surface area contributed by atoms with Crippen LogP contribution < -0.4 is 0 Å². The third kappa shape index (κ3) is 0.667. The van der Waals surface area contributed by atoms with Gasteiger partial charge >= 0.3 is 0 Å². The van der Waals surface area contributed by atoms with Gasteiger partial charge in [0.25, 0.3) is 0 Å². The van der Waals surface area contributed by atoms with Gasteiger partial charge in [0.15, 0.2) is 0 Å². The van der Waals surface area contributed by atoms with E-state index in [9.17, 15) is 5.21 Å². The van der Waals surface area contributed by atoms with Gasteiger partial charge in [-0.3, -0.25) is 0 Å². The predicted octanol–water partition coefficient (Wildman–Crippen LogP) is 0.848. The molecule has 0 aromatic heterocycles. The van der Waals surface area contributed by atoms with Crippen LogP contribution in [0.1, 0.15) is 6.42 Å². The Labute approximate surface area is 43.2 Å². The van der Waals surface area contributed by atoms with Crippen LogP contribution in [-0.2, 0) is 0 Å². The molecule has 2 nitrogen and oxygen atoms in total. The fourth-order valence-corrected chi connectivity index (χ4v) is 0.652. The number of hydrogen-bond acceptors (Lipinski definition) is 1. The second-order valence-corrected chi connectivity index (χ2v) is 1.94. The van der Waals surface area contributed by atoms with Gasteiger partial charge in [-0.15, -0.1) is 0 Å². The molecule has 0 aromatic carbocycles. The number of likely N-dealkylation sites (tertiary alicyclic amines) is 1. The Kier molecular flexibility index (Phi) is 0.905. The first kappa shape index (κ1) is 4.81. The van der Waals surface area contributed by atoms with Crippen LogP contribution in [0.15, 0.2) is 12.8 Å². The fraction of sp³-hybridized carbons (Fsp3) is 0.600. The third-order valence-electron chi connectivity index (χ3n) is 1.41. The molecule has 0 amide bonds. The lowest BCUT2D eigenvalue weighted by atomic mass is 10.2. The first-order valence-electron chi connectivity index (χ1n) is 2.48. The lowest BCUT2D eigenvalue weighted by Crippen LogP contribution is -2.47. The summed E-state index contributed by atoms with van der Waals surface area (Å²) in [7, 11) is 0. The minimum atomic E-state index is -0.167. The monoisotopic (exact) mass is 99.1 g/mol. The van der Waals surface area contributed by atoms with E-state index in [1.54, 1.807) is 0 Å². The van der Waals surface area contributed by atoms with Crippen molar-refractivity contribution < 1.29 is 4.65 Å². The van der Waals surface area contributed by atoms with E-state index in [2.05, 4.69) is 6.58 Å². The molecule has 0 bridgehead atoms. The van der Waals surface area contributed by atoms with E-state index in [4.69, 9.17) is 0 Å². The largest absolute Gasteiger partial charge is 0.628 e. The zero-order valence-corrected chi connectivity index (χ0v) is 4.26. The van der Waals surface area contributed by atoms with Crippen molar-refractivity contribution in [2.75, 3.05) is 13.1 Å². The van der Waals surface area contributed by atoms with Gasteiger partial charge in [0.2, 0.25) is 0 Å². The number of quaternary nitrogens is 1. The molecular weight excluding hydrogens is 90.1 g/mol. The van der Waals surface area contributed by atoms with Gasteiger partial charge in [0, 0.05) is 6.42 Å². The Morgan fingerprint density at radius 3 is 2.14 bits per heavy atom. The summed E-state index contributed by atoms with van der Waals surface area (Å²) in [6.07, 6.45) is 2.53. The Bertz CT molecular complexity index is 86.1. The molecule has 1 fully saturated rings. The molecule has 0 atom stereocenters. The highest BCUT2D eigenvalue weighted by molar-refractivity contribution is 4.64. The van der Waals surface area contributed by atoms with Crippen LogP contribution >= 0.6 is 0 Å². The minimum Gasteiger partial charge on any atom is -0.628 e. The van der Waals surface area contributed by atoms with E-state index in [0.717, 1.165) is 19.5 Å². The molecule has 0 aromatic rings. The highest BCUT2D eigenvalue weighted by atomic mass is 16.5. The molecule has 0 unspecified atom stereocenters. The van der Waals surface area contributed by atoms with Crippen molar-refractivity contribution >= 4 is 0 Å². The van der Waals surface area contributed by atoms with E-state index < -0.39 is 0 Å². The summed E-state index contributed by atoms with van der Waals surface area (Å²) in [6, 6.07) is 0. The highest BCUT2D eigenvalue weighted by Gasteiger charge is 2.21. The Hall–Kier alpha value is -0.340. The molecule has 0 saturated carbocycles. The van der Waals surface area contributed by atoms with Gasteiger partial charge in [0.05, 0.1) is 19.3 Å². The number of hydrogen-bond donors (Lipinski definition) is 0. The molecule has 7 heavy (non-hydrogen) atoms. The van der Waals surface area contributed by atoms with Crippen LogP contribution in [0.3, 0.4) is 0 Å². The lowest BCUT2D eigenvalue weighted by molar-refractivity contribution is -0.869. The summed E-state index contributed by atoms with van der Waals surface area (Å²) in [4.78, 5) is 0. The molecular formula is C5H9NO. The SMILES string of the molecule is C=C[N+]1([O-])CCC1. The van der Waals surface area contributed by atoms with Gasteiger partial charge in [-0.05, 0) is 6.58 Å². The summed E-state index contributed by atoms with van der Waals surface area (Å²) in [5.41, 5.74) is 0. The van der Waals surface area contributed by atoms with Crippen molar-refractivity contribution in [3.05, 3.63) is 18.0 Å². The van der Waals surface area contributed by atoms with Crippen LogP contribution in [0.5, 0.6) is 0 Å². The molecule has 1 aliphatic rings. The molecule has 0 N–H and O–H groups in total. The third-order valence-corrected chi connectivity index (χ3v) is 1.41. The molecule has 0 aliphatic carbocycles. The maximum atomic E-state index is 10.7. The molecule has 0 radical (unpaired) electrons. The quantitative estimate of drug-likeness (QED) is 0.353. The summed E-state index contributed by atoms with van der Waals surface area (Å²) >= 11 is 0. The van der Waals surface area contributed by atoms with Gasteiger partial charge < -0.3 is 9.85 Å². The number of rotatable bonds is 1. The van der Waals surface area contributed by atoms with Crippen molar-refractivity contribution in [3.63, 3.8) is 0 Å². The van der Waals surface area contributed by atoms with E-state index in [-0.39, 0.29) is 4.65 Å². The van der Waals surface area contributed by atoms with Crippen LogP contribution in [0, 0.1) is 5.21 Å². The molecule has 2 heteroatoms. The second kappa shape index (κ2) is 1.32. The van der Waals surface area contributed by atoms with Crippen molar-refractivity contribution in [2.45, 2.75) is 6.42 Å². The molecule has 1 heterocycles. The summed E-state index contributed by atoms with van der Waals surface area (Å²) in [5.74, 6) is 0. The number of nitrogens with zero attached hydrogens (tertiary/aromatic N) is 1. The Morgan fingerprint density at radius 2 is 2.14 bits per heavy atom. The maximum absolute atomic E-state index is 10.7. The van der Waals surface area contributed by atoms with Crippen molar-refractivity contribution in [1.29, 1.82) is 0 Å². The zero-order valence-electron chi connectivity index (χ0n) is 4.26. The van der Waals surface area contributed by atoms with Gasteiger partial charge in [0.1, 0.15) is 0 Å². The van der Waals surface area contributed by atoms with Crippen LogP contribution in [0.2, 0.25) is 0 Å². The molecule has 1 aliphatic heterocycles. The van der Waals surface area contributed by atoms with Gasteiger partial charge in [-0.25, -0.2) is 0 Å². The second-order valence-electron chi connectivity index (χ2n) is 1.94. The zero-order chi connectivity index (χ0) is 5.33. The first-order valence-corrected chi connectivity index (χ1v) is 2.48. The van der Waals surface area contributed by atoms with Crippen LogP contribution in [-0.4, -0.2) is 17.7 Å². The first-order chi connectivity index (χ1) is 3.27. The van der Waals surface area contributed by atoms with E-state index in [1.807, 2.05) is 0 Å². The molecule has 40 valence electrons. The van der Waals surface area contributed by atoms with Crippen LogP contribution in [0.4, 0.5) is 0 Å². The van der Waals surface area contributed by atoms with E-state index in [0.29, 0.717) is 0 Å². The highest BCUT2D eigenvalue weighted by Crippen LogP contribution is 2.16. The van der Waals surface area contributed by atoms with Crippen molar-refractivity contribution in [1.82, 2.24) is 0 Å². The average Bonchev–Trinajstić information content (AvgIpc) is 1.61. The maximum Gasteiger partial charge on any atom is 0.0885 e. The normalized spacial score (nSPS) is 25.9. The van der Waals surface area contributed by atoms with Crippen molar-refractivity contribution in [2.24, 2.45) is 0 Å². The van der Waals surface area contributed by atoms with E-state index >= 15 is 0 Å². The molecule has 0 spiro atoms. The standard InChI is InChI=1S/C5H9NO/c1-2-6(7)4-3-5-6/h2H,1,3-5H2. The van der Waals surface area contributed by atoms with Gasteiger partial charge in [-0.1, -0.05) is 0 Å². The predicted molar refractivity (Wildman–Crippen MR) is 28.2 cm³/mol. The topological polar surface area (TPSA) is 23.1 Å². The molecule has 1 rings (SSSR count). The fourth-order valence-electron chi connectivity index (χ4n) is 0.652. The minimum absolute atomic E-state index is 0.167. The molecule has 1 saturated heterocycles. The van der Waals surface area contributed by atoms with E-state index in [1.165, 1.54) is 6.20 Å². The summed E-state index contributed by atoms with van der Waals surface area (Å²) in [6.45, 7) is 4.89. The summed E-state index contributed by atoms with van der Waals surface area (Å²) < 4.78 is -0.167. The summed E-state index contributed by atoms with van der Waals surface area (Å²) in [5, 5.41) is 10.7. The average molecular weight is 99.1 g/mol. The van der Waals surface area contributed by atoms with Gasteiger partial charge in [-0.2, -0.15) is 0 Å². The Morgan fingerprint density at radius 1 is 1.57 bits per heavy atom.